The summed E-state index contributed by atoms with van der Waals surface area (Å²) in [5.41, 5.74) is 4.52. The molecule has 0 bridgehead atoms. The number of hydrogen-bond acceptors (Lipinski definition) is 5. The minimum absolute atomic E-state index is 0.0530. The lowest BCUT2D eigenvalue weighted by molar-refractivity contribution is -0.147. The third kappa shape index (κ3) is 4.25. The fourth-order valence-corrected chi connectivity index (χ4v) is 4.28. The smallest absolute Gasteiger partial charge is 0.407 e. The van der Waals surface area contributed by atoms with Gasteiger partial charge in [0.05, 0.1) is 0 Å². The largest absolute Gasteiger partial charge is 0.480 e. The Balaban J connectivity index is 1.31. The molecule has 1 atom stereocenters. The van der Waals surface area contributed by atoms with Crippen LogP contribution in [-0.2, 0) is 14.3 Å². The highest BCUT2D eigenvalue weighted by atomic mass is 16.5. The molecule has 1 unspecified atom stereocenters. The fraction of sp³-hybridized carbons (Fsp3) is 0.348. The number of hydrogen-bond donors (Lipinski definition) is 2. The van der Waals surface area contributed by atoms with Crippen molar-refractivity contribution >= 4 is 18.0 Å². The topological polar surface area (TPSA) is 99.2 Å². The van der Waals surface area contributed by atoms with Crippen LogP contribution in [0.2, 0.25) is 0 Å². The van der Waals surface area contributed by atoms with Crippen molar-refractivity contribution in [1.29, 1.82) is 0 Å². The number of nitrogens with zero attached hydrogens (tertiary/aromatic N) is 2. The van der Waals surface area contributed by atoms with Gasteiger partial charge in [-0.1, -0.05) is 48.5 Å². The number of fused-ring (bicyclic) bond motifs is 3. The van der Waals surface area contributed by atoms with Gasteiger partial charge in [-0.15, -0.1) is 0 Å². The highest BCUT2D eigenvalue weighted by Crippen LogP contribution is 2.44. The first-order chi connectivity index (χ1) is 15.0. The van der Waals surface area contributed by atoms with Crippen LogP contribution in [0.4, 0.5) is 4.79 Å². The van der Waals surface area contributed by atoms with Crippen LogP contribution in [0.25, 0.3) is 11.1 Å². The van der Waals surface area contributed by atoms with Crippen LogP contribution in [-0.4, -0.2) is 78.8 Å². The zero-order chi connectivity index (χ0) is 22.0. The van der Waals surface area contributed by atoms with Gasteiger partial charge in [0.2, 0.25) is 5.91 Å². The summed E-state index contributed by atoms with van der Waals surface area (Å²) >= 11 is 0. The zero-order valence-electron chi connectivity index (χ0n) is 17.3. The number of likely N-dealkylation sites (N-methyl/N-ethyl adjacent to an activating group) is 1. The van der Waals surface area contributed by atoms with Gasteiger partial charge in [-0.25, -0.2) is 4.79 Å². The van der Waals surface area contributed by atoms with Crippen LogP contribution in [0.5, 0.6) is 0 Å². The van der Waals surface area contributed by atoms with E-state index in [1.807, 2.05) is 36.4 Å². The first-order valence-electron chi connectivity index (χ1n) is 10.3. The molecule has 1 saturated heterocycles. The molecule has 1 aliphatic carbocycles. The summed E-state index contributed by atoms with van der Waals surface area (Å²) in [5.74, 6) is -1.35. The molecular formula is C23H25N3O5. The lowest BCUT2D eigenvalue weighted by atomic mass is 9.98. The lowest BCUT2D eigenvalue weighted by Crippen LogP contribution is -2.57. The average Bonchev–Trinajstić information content (AvgIpc) is 3.10. The second-order valence-electron chi connectivity index (χ2n) is 7.85. The number of rotatable bonds is 5. The Morgan fingerprint density at radius 3 is 2.26 bits per heavy atom. The number of carboxylic acids is 1. The van der Waals surface area contributed by atoms with E-state index >= 15 is 0 Å². The molecule has 162 valence electrons. The first-order valence-corrected chi connectivity index (χ1v) is 10.3. The SMILES string of the molecule is CN1CCN(C(=O)CNC(=O)OCC2c3ccccc3-c3ccccc32)CC1C(=O)O. The van der Waals surface area contributed by atoms with Crippen LogP contribution in [0.1, 0.15) is 17.0 Å². The van der Waals surface area contributed by atoms with Gasteiger partial charge in [-0.2, -0.15) is 0 Å². The molecule has 0 saturated carbocycles. The molecule has 1 fully saturated rings. The minimum Gasteiger partial charge on any atom is -0.480 e. The number of alkyl carbamates (subject to hydrolysis) is 1. The van der Waals surface area contributed by atoms with Gasteiger partial charge in [-0.3, -0.25) is 14.5 Å². The van der Waals surface area contributed by atoms with Crippen LogP contribution in [0.15, 0.2) is 48.5 Å². The van der Waals surface area contributed by atoms with E-state index in [2.05, 4.69) is 17.4 Å². The summed E-state index contributed by atoms with van der Waals surface area (Å²) in [7, 11) is 1.72. The molecule has 8 heteroatoms. The molecule has 8 nitrogen and oxygen atoms in total. The van der Waals surface area contributed by atoms with Crippen LogP contribution < -0.4 is 5.32 Å². The van der Waals surface area contributed by atoms with Gasteiger partial charge in [0.15, 0.2) is 0 Å². The van der Waals surface area contributed by atoms with E-state index in [1.165, 1.54) is 4.90 Å². The molecule has 2 N–H and O–H groups in total. The standard InChI is InChI=1S/C23H25N3O5/c1-25-10-11-26(13-20(25)22(28)29)21(27)12-24-23(30)31-14-19-17-8-4-2-6-15(17)16-7-3-5-9-18(16)19/h2-9,19-20H,10-14H2,1H3,(H,24,30)(H,28,29). The zero-order valence-corrected chi connectivity index (χ0v) is 17.3. The third-order valence-corrected chi connectivity index (χ3v) is 6.01. The maximum atomic E-state index is 12.4. The predicted molar refractivity (Wildman–Crippen MR) is 114 cm³/mol. The molecule has 0 spiro atoms. The number of nitrogens with one attached hydrogen (secondary N) is 1. The van der Waals surface area contributed by atoms with E-state index in [1.54, 1.807) is 11.9 Å². The molecule has 2 amide bonds. The number of piperazine rings is 1. The van der Waals surface area contributed by atoms with Crippen molar-refractivity contribution in [2.45, 2.75) is 12.0 Å². The molecule has 0 radical (unpaired) electrons. The Morgan fingerprint density at radius 2 is 1.65 bits per heavy atom. The van der Waals surface area contributed by atoms with Crippen LogP contribution in [0, 0.1) is 0 Å². The van der Waals surface area contributed by atoms with Gasteiger partial charge in [0.1, 0.15) is 19.2 Å². The highest BCUT2D eigenvalue weighted by molar-refractivity contribution is 5.84. The molecule has 2 aliphatic rings. The Morgan fingerprint density at radius 1 is 1.03 bits per heavy atom. The van der Waals surface area contributed by atoms with E-state index in [0.29, 0.717) is 13.1 Å². The second kappa shape index (κ2) is 8.77. The molecule has 2 aromatic carbocycles. The number of carboxylic acid groups (broad SMARTS) is 1. The van der Waals surface area contributed by atoms with E-state index < -0.39 is 18.1 Å². The van der Waals surface area contributed by atoms with Crippen molar-refractivity contribution in [1.82, 2.24) is 15.1 Å². The number of carbonyl (C=O) groups is 3. The van der Waals surface area contributed by atoms with Crippen LogP contribution in [0.3, 0.4) is 0 Å². The van der Waals surface area contributed by atoms with Gasteiger partial charge in [0, 0.05) is 25.6 Å². The van der Waals surface area contributed by atoms with Crippen molar-refractivity contribution in [3.05, 3.63) is 59.7 Å². The molecule has 31 heavy (non-hydrogen) atoms. The Bertz CT molecular complexity index is 963. The van der Waals surface area contributed by atoms with Gasteiger partial charge >= 0.3 is 12.1 Å². The van der Waals surface area contributed by atoms with Gasteiger partial charge in [-0.05, 0) is 29.3 Å². The van der Waals surface area contributed by atoms with Gasteiger partial charge < -0.3 is 20.1 Å². The van der Waals surface area contributed by atoms with Crippen LogP contribution >= 0.6 is 0 Å². The summed E-state index contributed by atoms with van der Waals surface area (Å²) < 4.78 is 5.43. The minimum atomic E-state index is -0.968. The number of amides is 2. The Labute approximate surface area is 180 Å². The van der Waals surface area contributed by atoms with Gasteiger partial charge in [0.25, 0.3) is 0 Å². The van der Waals surface area contributed by atoms with E-state index in [-0.39, 0.29) is 31.5 Å². The first kappa shape index (κ1) is 20.9. The van der Waals surface area contributed by atoms with Crippen molar-refractivity contribution in [2.75, 3.05) is 39.8 Å². The second-order valence-corrected chi connectivity index (χ2v) is 7.85. The Hall–Kier alpha value is -3.39. The fourth-order valence-electron chi connectivity index (χ4n) is 4.28. The molecular weight excluding hydrogens is 398 g/mol. The normalized spacial score (nSPS) is 18.2. The molecule has 1 aliphatic heterocycles. The predicted octanol–water partition coefficient (Wildman–Crippen LogP) is 1.75. The van der Waals surface area contributed by atoms with E-state index in [0.717, 1.165) is 22.3 Å². The van der Waals surface area contributed by atoms with Crippen molar-refractivity contribution < 1.29 is 24.2 Å². The summed E-state index contributed by atoms with van der Waals surface area (Å²) in [6.07, 6.45) is -0.667. The number of carbonyl (C=O) groups excluding carboxylic acids is 2. The Kier molecular flexibility index (Phi) is 5.90. The van der Waals surface area contributed by atoms with E-state index in [9.17, 15) is 19.5 Å². The summed E-state index contributed by atoms with van der Waals surface area (Å²) in [5, 5.41) is 11.8. The molecule has 4 rings (SSSR count). The maximum absolute atomic E-state index is 12.4. The quantitative estimate of drug-likeness (QED) is 0.760. The molecule has 0 aromatic heterocycles. The number of benzene rings is 2. The van der Waals surface area contributed by atoms with Crippen molar-refractivity contribution in [3.63, 3.8) is 0 Å². The highest BCUT2D eigenvalue weighted by Gasteiger charge is 2.32. The third-order valence-electron chi connectivity index (χ3n) is 6.01. The average molecular weight is 423 g/mol. The summed E-state index contributed by atoms with van der Waals surface area (Å²) in [6, 6.07) is 15.4. The number of aliphatic carboxylic acids is 1. The summed E-state index contributed by atoms with van der Waals surface area (Å²) in [6.45, 7) is 0.923. The van der Waals surface area contributed by atoms with Crippen molar-refractivity contribution in [3.8, 4) is 11.1 Å². The summed E-state index contributed by atoms with van der Waals surface area (Å²) in [4.78, 5) is 39.1. The lowest BCUT2D eigenvalue weighted by Gasteiger charge is -2.37. The van der Waals surface area contributed by atoms with Crippen molar-refractivity contribution in [2.24, 2.45) is 0 Å². The maximum Gasteiger partial charge on any atom is 0.407 e. The number of ether oxygens (including phenoxy) is 1. The monoisotopic (exact) mass is 423 g/mol. The van der Waals surface area contributed by atoms with E-state index in [4.69, 9.17) is 4.74 Å². The molecule has 1 heterocycles. The molecule has 2 aromatic rings.